The van der Waals surface area contributed by atoms with E-state index in [0.717, 1.165) is 12.1 Å². The number of hydrogen-bond donors (Lipinski definition) is 1. The molecular weight excluding hydrogens is 128 g/mol. The first-order chi connectivity index (χ1) is 4.66. The van der Waals surface area contributed by atoms with E-state index in [4.69, 9.17) is 0 Å². The monoisotopic (exact) mass is 141 g/mol. The fraction of sp³-hybridized carbons (Fsp3) is 0.571. The maximum absolute atomic E-state index is 9.28. The molecule has 0 amide bonds. The Morgan fingerprint density at radius 3 is 2.50 bits per heavy atom. The number of aromatic nitrogens is 2. The molecule has 56 valence electrons. The lowest BCUT2D eigenvalue weighted by molar-refractivity contribution is -0.677. The highest BCUT2D eigenvalue weighted by Gasteiger charge is 2.14. The zero-order valence-electron chi connectivity index (χ0n) is 6.63. The van der Waals surface area contributed by atoms with Gasteiger partial charge in [-0.2, -0.15) is 9.13 Å². The molecule has 1 aromatic rings. The second-order valence-corrected chi connectivity index (χ2v) is 2.44. The number of imidazole rings is 1. The molecule has 1 aromatic heterocycles. The quantitative estimate of drug-likeness (QED) is 0.553. The van der Waals surface area contributed by atoms with Gasteiger partial charge in [0, 0.05) is 6.42 Å². The lowest BCUT2D eigenvalue weighted by Gasteiger charge is -1.87. The van der Waals surface area contributed by atoms with Crippen LogP contribution in [-0.4, -0.2) is 9.67 Å². The van der Waals surface area contributed by atoms with E-state index >= 15 is 0 Å². The van der Waals surface area contributed by atoms with E-state index in [0.29, 0.717) is 6.01 Å². The maximum Gasteiger partial charge on any atom is 0.453 e. The fourth-order valence-electron chi connectivity index (χ4n) is 1.06. The predicted octanol–water partition coefficient (Wildman–Crippen LogP) is 0.118. The molecule has 0 unspecified atom stereocenters. The Morgan fingerprint density at radius 2 is 2.30 bits per heavy atom. The summed E-state index contributed by atoms with van der Waals surface area (Å²) in [5.74, 6) is 0. The summed E-state index contributed by atoms with van der Waals surface area (Å²) in [5, 5.41) is 9.28. The minimum absolute atomic E-state index is 0.303. The van der Waals surface area contributed by atoms with Gasteiger partial charge in [0.25, 0.3) is 0 Å². The molecule has 0 saturated heterocycles. The third kappa shape index (κ3) is 0.875. The van der Waals surface area contributed by atoms with Gasteiger partial charge >= 0.3 is 6.01 Å². The average Bonchev–Trinajstić information content (AvgIpc) is 2.17. The molecule has 1 N–H and O–H groups in total. The summed E-state index contributed by atoms with van der Waals surface area (Å²) in [5.41, 5.74) is 1.14. The van der Waals surface area contributed by atoms with Gasteiger partial charge in [0.15, 0.2) is 0 Å². The van der Waals surface area contributed by atoms with E-state index in [-0.39, 0.29) is 0 Å². The van der Waals surface area contributed by atoms with E-state index < -0.39 is 0 Å². The third-order valence-corrected chi connectivity index (χ3v) is 1.75. The van der Waals surface area contributed by atoms with Crippen molar-refractivity contribution in [3.63, 3.8) is 0 Å². The van der Waals surface area contributed by atoms with Crippen molar-refractivity contribution in [2.24, 2.45) is 14.1 Å². The smallest absolute Gasteiger partial charge is 0.446 e. The molecular formula is C7H13N2O+. The van der Waals surface area contributed by atoms with Gasteiger partial charge in [-0.3, -0.25) is 0 Å². The van der Waals surface area contributed by atoms with E-state index in [1.54, 1.807) is 9.13 Å². The standard InChI is InChI=1S/C7H12N2O/c1-4-6-5-8(2)7(10)9(6)3/h5H,4H2,1-3H3/p+1. The normalized spacial score (nSPS) is 10.3. The predicted molar refractivity (Wildman–Crippen MR) is 37.6 cm³/mol. The highest BCUT2D eigenvalue weighted by atomic mass is 16.3. The molecule has 3 nitrogen and oxygen atoms in total. The van der Waals surface area contributed by atoms with Crippen LogP contribution in [0.3, 0.4) is 0 Å². The van der Waals surface area contributed by atoms with Crippen LogP contribution in [0.25, 0.3) is 0 Å². The van der Waals surface area contributed by atoms with Crippen LogP contribution in [0.15, 0.2) is 6.20 Å². The SMILES string of the molecule is CCc1c[n+](C)c(O)n1C. The summed E-state index contributed by atoms with van der Waals surface area (Å²) in [6, 6.07) is 0.303. The lowest BCUT2D eigenvalue weighted by Crippen LogP contribution is -2.24. The van der Waals surface area contributed by atoms with Crippen molar-refractivity contribution in [3.05, 3.63) is 11.9 Å². The first-order valence-electron chi connectivity index (χ1n) is 3.40. The van der Waals surface area contributed by atoms with Gasteiger partial charge in [0.2, 0.25) is 0 Å². The van der Waals surface area contributed by atoms with Crippen LogP contribution in [0, 0.1) is 0 Å². The molecule has 1 heterocycles. The van der Waals surface area contributed by atoms with E-state index in [9.17, 15) is 5.11 Å². The fourth-order valence-corrected chi connectivity index (χ4v) is 1.06. The van der Waals surface area contributed by atoms with Crippen molar-refractivity contribution in [3.8, 4) is 6.01 Å². The summed E-state index contributed by atoms with van der Waals surface area (Å²) >= 11 is 0. The van der Waals surface area contributed by atoms with Gasteiger partial charge < -0.3 is 5.11 Å². The topological polar surface area (TPSA) is 29.0 Å². The summed E-state index contributed by atoms with van der Waals surface area (Å²) in [6.07, 6.45) is 2.88. The van der Waals surface area contributed by atoms with E-state index in [1.807, 2.05) is 20.3 Å². The number of hydrogen-bond acceptors (Lipinski definition) is 1. The molecule has 0 fully saturated rings. The maximum atomic E-state index is 9.28. The van der Waals surface area contributed by atoms with Crippen molar-refractivity contribution < 1.29 is 9.67 Å². The Kier molecular flexibility index (Phi) is 1.66. The summed E-state index contributed by atoms with van der Waals surface area (Å²) in [4.78, 5) is 0. The Morgan fingerprint density at radius 1 is 1.70 bits per heavy atom. The Balaban J connectivity index is 3.17. The number of rotatable bonds is 1. The van der Waals surface area contributed by atoms with Crippen LogP contribution < -0.4 is 4.57 Å². The molecule has 3 heteroatoms. The number of aryl methyl sites for hydroxylation is 2. The zero-order chi connectivity index (χ0) is 7.72. The minimum atomic E-state index is 0.303. The molecule has 0 aliphatic heterocycles. The van der Waals surface area contributed by atoms with E-state index in [1.165, 1.54) is 0 Å². The Bertz CT molecular complexity index is 240. The second kappa shape index (κ2) is 2.33. The van der Waals surface area contributed by atoms with Crippen LogP contribution in [0.5, 0.6) is 6.01 Å². The molecule has 0 spiro atoms. The van der Waals surface area contributed by atoms with Gasteiger partial charge in [0.1, 0.15) is 11.9 Å². The highest BCUT2D eigenvalue weighted by Crippen LogP contribution is 2.05. The van der Waals surface area contributed by atoms with Crippen molar-refractivity contribution in [2.45, 2.75) is 13.3 Å². The molecule has 0 aliphatic carbocycles. The van der Waals surface area contributed by atoms with E-state index in [2.05, 4.69) is 6.92 Å². The van der Waals surface area contributed by atoms with Crippen LogP contribution in [-0.2, 0) is 20.5 Å². The van der Waals surface area contributed by atoms with Gasteiger partial charge in [0.05, 0.1) is 14.1 Å². The molecule has 0 bridgehead atoms. The van der Waals surface area contributed by atoms with Crippen LogP contribution >= 0.6 is 0 Å². The number of aromatic hydroxyl groups is 1. The summed E-state index contributed by atoms with van der Waals surface area (Å²) < 4.78 is 3.48. The Hall–Kier alpha value is -0.990. The largest absolute Gasteiger partial charge is 0.453 e. The van der Waals surface area contributed by atoms with Crippen molar-refractivity contribution in [2.75, 3.05) is 0 Å². The van der Waals surface area contributed by atoms with Gasteiger partial charge in [-0.15, -0.1) is 0 Å². The molecule has 0 atom stereocenters. The molecule has 0 radical (unpaired) electrons. The molecule has 0 aromatic carbocycles. The van der Waals surface area contributed by atoms with Gasteiger partial charge in [-0.1, -0.05) is 6.92 Å². The average molecular weight is 141 g/mol. The lowest BCUT2D eigenvalue weighted by atomic mass is 10.4. The van der Waals surface area contributed by atoms with Gasteiger partial charge in [-0.05, 0) is 0 Å². The zero-order valence-corrected chi connectivity index (χ0v) is 6.63. The minimum Gasteiger partial charge on any atom is -0.446 e. The van der Waals surface area contributed by atoms with Crippen molar-refractivity contribution in [1.82, 2.24) is 4.57 Å². The highest BCUT2D eigenvalue weighted by molar-refractivity contribution is 4.99. The first kappa shape index (κ1) is 7.12. The molecule has 1 rings (SSSR count). The van der Waals surface area contributed by atoms with Crippen LogP contribution in [0.1, 0.15) is 12.6 Å². The number of nitrogens with zero attached hydrogens (tertiary/aromatic N) is 2. The summed E-state index contributed by atoms with van der Waals surface area (Å²) in [7, 11) is 3.68. The van der Waals surface area contributed by atoms with Crippen molar-refractivity contribution >= 4 is 0 Å². The molecule has 10 heavy (non-hydrogen) atoms. The first-order valence-corrected chi connectivity index (χ1v) is 3.40. The van der Waals surface area contributed by atoms with Gasteiger partial charge in [-0.25, -0.2) is 0 Å². The molecule has 0 aliphatic rings. The van der Waals surface area contributed by atoms with Crippen LogP contribution in [0.2, 0.25) is 0 Å². The van der Waals surface area contributed by atoms with Crippen LogP contribution in [0.4, 0.5) is 0 Å². The summed E-state index contributed by atoms with van der Waals surface area (Å²) in [6.45, 7) is 2.06. The molecule has 0 saturated carbocycles. The second-order valence-electron chi connectivity index (χ2n) is 2.44. The Labute approximate surface area is 60.5 Å². The van der Waals surface area contributed by atoms with Crippen molar-refractivity contribution in [1.29, 1.82) is 0 Å². The third-order valence-electron chi connectivity index (χ3n) is 1.75.